The summed E-state index contributed by atoms with van der Waals surface area (Å²) < 4.78 is 5.62. The summed E-state index contributed by atoms with van der Waals surface area (Å²) in [5, 5.41) is 0. The number of nitrogens with two attached hydrogens (primary N) is 2. The summed E-state index contributed by atoms with van der Waals surface area (Å²) in [6.07, 6.45) is 5.38. The predicted molar refractivity (Wildman–Crippen MR) is 65.5 cm³/mol. The van der Waals surface area contributed by atoms with Crippen LogP contribution in [0, 0.1) is 5.41 Å². The lowest BCUT2D eigenvalue weighted by Gasteiger charge is -2.31. The molecule has 15 heavy (non-hydrogen) atoms. The molecule has 0 radical (unpaired) electrons. The van der Waals surface area contributed by atoms with Gasteiger partial charge in [-0.25, -0.2) is 0 Å². The number of rotatable bonds is 9. The zero-order valence-electron chi connectivity index (χ0n) is 10.6. The molecule has 0 aromatic heterocycles. The van der Waals surface area contributed by atoms with Crippen molar-refractivity contribution in [3.05, 3.63) is 0 Å². The fourth-order valence-electron chi connectivity index (χ4n) is 1.45. The molecule has 0 aliphatic carbocycles. The van der Waals surface area contributed by atoms with E-state index in [9.17, 15) is 0 Å². The van der Waals surface area contributed by atoms with Crippen LogP contribution in [0.25, 0.3) is 0 Å². The first-order valence-corrected chi connectivity index (χ1v) is 6.12. The van der Waals surface area contributed by atoms with Crippen LogP contribution < -0.4 is 11.5 Å². The van der Waals surface area contributed by atoms with Gasteiger partial charge in [-0.2, -0.15) is 0 Å². The highest BCUT2D eigenvalue weighted by Gasteiger charge is 2.26. The van der Waals surface area contributed by atoms with Crippen LogP contribution in [0.5, 0.6) is 0 Å². The first-order valence-electron chi connectivity index (χ1n) is 6.12. The van der Waals surface area contributed by atoms with Gasteiger partial charge in [0.15, 0.2) is 0 Å². The highest BCUT2D eigenvalue weighted by molar-refractivity contribution is 4.74. The van der Waals surface area contributed by atoms with E-state index in [0.717, 1.165) is 45.3 Å². The van der Waals surface area contributed by atoms with E-state index in [4.69, 9.17) is 16.2 Å². The molecule has 0 heterocycles. The second-order valence-corrected chi connectivity index (χ2v) is 4.88. The van der Waals surface area contributed by atoms with E-state index in [1.165, 1.54) is 0 Å². The van der Waals surface area contributed by atoms with Crippen molar-refractivity contribution >= 4 is 0 Å². The Kier molecular flexibility index (Phi) is 8.02. The topological polar surface area (TPSA) is 61.3 Å². The van der Waals surface area contributed by atoms with Crippen LogP contribution in [0.3, 0.4) is 0 Å². The largest absolute Gasteiger partial charge is 0.363 e. The van der Waals surface area contributed by atoms with E-state index < -0.39 is 0 Å². The lowest BCUT2D eigenvalue weighted by atomic mass is 9.85. The molecule has 0 aromatic carbocycles. The minimum atomic E-state index is -0.151. The van der Waals surface area contributed by atoms with Crippen molar-refractivity contribution in [1.29, 1.82) is 0 Å². The first kappa shape index (κ1) is 14.9. The van der Waals surface area contributed by atoms with Gasteiger partial charge in [-0.3, -0.25) is 0 Å². The Hall–Kier alpha value is -0.120. The van der Waals surface area contributed by atoms with Crippen molar-refractivity contribution in [2.75, 3.05) is 13.2 Å². The van der Waals surface area contributed by atoms with Gasteiger partial charge in [0, 0.05) is 12.0 Å². The van der Waals surface area contributed by atoms with E-state index in [1.807, 2.05) is 0 Å². The van der Waals surface area contributed by atoms with Crippen LogP contribution >= 0.6 is 0 Å². The Labute approximate surface area is 94.5 Å². The number of hydrogen-bond acceptors (Lipinski definition) is 3. The van der Waals surface area contributed by atoms with Crippen molar-refractivity contribution in [1.82, 2.24) is 0 Å². The molecule has 1 unspecified atom stereocenters. The Bertz CT molecular complexity index is 149. The van der Waals surface area contributed by atoms with Gasteiger partial charge >= 0.3 is 0 Å². The molecular weight excluding hydrogens is 188 g/mol. The molecule has 0 spiro atoms. The van der Waals surface area contributed by atoms with Gasteiger partial charge in [-0.05, 0) is 25.8 Å². The molecular formula is C12H28N2O. The van der Waals surface area contributed by atoms with Gasteiger partial charge in [-0.15, -0.1) is 0 Å². The maximum Gasteiger partial charge on any atom is 0.110 e. The lowest BCUT2D eigenvalue weighted by Crippen LogP contribution is -2.40. The van der Waals surface area contributed by atoms with Crippen LogP contribution in [-0.4, -0.2) is 19.4 Å². The monoisotopic (exact) mass is 216 g/mol. The Morgan fingerprint density at radius 2 is 1.87 bits per heavy atom. The van der Waals surface area contributed by atoms with Gasteiger partial charge in [-0.1, -0.05) is 33.6 Å². The van der Waals surface area contributed by atoms with Crippen molar-refractivity contribution < 1.29 is 4.74 Å². The van der Waals surface area contributed by atoms with Crippen molar-refractivity contribution in [2.45, 2.75) is 59.1 Å². The van der Waals surface area contributed by atoms with Crippen molar-refractivity contribution in [3.8, 4) is 0 Å². The van der Waals surface area contributed by atoms with E-state index in [-0.39, 0.29) is 11.6 Å². The highest BCUT2D eigenvalue weighted by atomic mass is 16.5. The average molecular weight is 216 g/mol. The minimum absolute atomic E-state index is 0.0584. The second-order valence-electron chi connectivity index (χ2n) is 4.88. The first-order chi connectivity index (χ1) is 7.04. The number of unbranched alkanes of at least 4 members (excludes halogenated alkanes) is 2. The van der Waals surface area contributed by atoms with Gasteiger partial charge in [0.2, 0.25) is 0 Å². The molecule has 0 aliphatic heterocycles. The van der Waals surface area contributed by atoms with Crippen LogP contribution in [0.15, 0.2) is 0 Å². The maximum absolute atomic E-state index is 6.02. The number of ether oxygens (including phenoxy) is 1. The third kappa shape index (κ3) is 6.88. The standard InChI is InChI=1S/C12H28N2O/c1-4-5-10-15-11(14)12(2,3)8-6-7-9-13/h11H,4-10,13-14H2,1-3H3. The molecule has 0 aromatic rings. The molecule has 0 bridgehead atoms. The lowest BCUT2D eigenvalue weighted by molar-refractivity contribution is -0.0270. The average Bonchev–Trinajstić information content (AvgIpc) is 2.18. The van der Waals surface area contributed by atoms with Gasteiger partial charge in [0.25, 0.3) is 0 Å². The normalized spacial score (nSPS) is 14.2. The summed E-state index contributed by atoms with van der Waals surface area (Å²) in [6, 6.07) is 0. The van der Waals surface area contributed by atoms with Crippen molar-refractivity contribution in [3.63, 3.8) is 0 Å². The minimum Gasteiger partial charge on any atom is -0.363 e. The summed E-state index contributed by atoms with van der Waals surface area (Å²) in [6.45, 7) is 8.03. The molecule has 0 amide bonds. The van der Waals surface area contributed by atoms with Gasteiger partial charge in [0.1, 0.15) is 6.23 Å². The molecule has 0 fully saturated rings. The van der Waals surface area contributed by atoms with E-state index in [1.54, 1.807) is 0 Å². The summed E-state index contributed by atoms with van der Waals surface area (Å²) in [5.74, 6) is 0. The van der Waals surface area contributed by atoms with Crippen LogP contribution in [-0.2, 0) is 4.74 Å². The van der Waals surface area contributed by atoms with Gasteiger partial charge in [0.05, 0.1) is 0 Å². The quantitative estimate of drug-likeness (QED) is 0.459. The third-order valence-electron chi connectivity index (χ3n) is 2.84. The van der Waals surface area contributed by atoms with Crippen molar-refractivity contribution in [2.24, 2.45) is 16.9 Å². The molecule has 4 N–H and O–H groups in total. The van der Waals surface area contributed by atoms with E-state index >= 15 is 0 Å². The van der Waals surface area contributed by atoms with Crippen LogP contribution in [0.1, 0.15) is 52.9 Å². The highest BCUT2D eigenvalue weighted by Crippen LogP contribution is 2.27. The molecule has 0 saturated carbocycles. The summed E-state index contributed by atoms with van der Waals surface area (Å²) >= 11 is 0. The molecule has 0 saturated heterocycles. The Balaban J connectivity index is 3.74. The molecule has 1 atom stereocenters. The Morgan fingerprint density at radius 3 is 2.40 bits per heavy atom. The van der Waals surface area contributed by atoms with Crippen LogP contribution in [0.4, 0.5) is 0 Å². The maximum atomic E-state index is 6.02. The summed E-state index contributed by atoms with van der Waals surface area (Å²) in [5.41, 5.74) is 11.5. The molecule has 3 nitrogen and oxygen atoms in total. The Morgan fingerprint density at radius 1 is 1.20 bits per heavy atom. The van der Waals surface area contributed by atoms with Gasteiger partial charge < -0.3 is 16.2 Å². The second kappa shape index (κ2) is 8.08. The zero-order chi connectivity index (χ0) is 11.7. The summed E-state index contributed by atoms with van der Waals surface area (Å²) in [4.78, 5) is 0. The molecule has 92 valence electrons. The molecule has 3 heteroatoms. The van der Waals surface area contributed by atoms with Crippen LogP contribution in [0.2, 0.25) is 0 Å². The van der Waals surface area contributed by atoms with E-state index in [2.05, 4.69) is 20.8 Å². The smallest absolute Gasteiger partial charge is 0.110 e. The SMILES string of the molecule is CCCCOC(N)C(C)(C)CCCCN. The third-order valence-corrected chi connectivity index (χ3v) is 2.84. The predicted octanol–water partition coefficient (Wildman–Crippen LogP) is 2.24. The molecule has 0 aliphatic rings. The summed E-state index contributed by atoms with van der Waals surface area (Å²) in [7, 11) is 0. The fourth-order valence-corrected chi connectivity index (χ4v) is 1.45. The zero-order valence-corrected chi connectivity index (χ0v) is 10.6. The van der Waals surface area contributed by atoms with E-state index in [0.29, 0.717) is 0 Å². The fraction of sp³-hybridized carbons (Fsp3) is 1.00. The number of hydrogen-bond donors (Lipinski definition) is 2. The molecule has 0 rings (SSSR count).